The van der Waals surface area contributed by atoms with Crippen molar-refractivity contribution >= 4 is 20.7 Å². The van der Waals surface area contributed by atoms with Crippen molar-refractivity contribution in [2.24, 2.45) is 0 Å². The standard InChI is InChI=1S/C21H34BNO5Si/c1-20(2)21(3,4)28-22(27-20)19-17(14-24-5)11-16(13-23)12-18(19)26-15-25-9-10-29(6,7)8/h11-12H,9-10,14-15H2,1-8H3. The number of nitriles is 1. The molecule has 0 aromatic heterocycles. The summed E-state index contributed by atoms with van der Waals surface area (Å²) in [5.41, 5.74) is 1.08. The Morgan fingerprint density at radius 2 is 1.72 bits per heavy atom. The normalized spacial score (nSPS) is 18.0. The number of rotatable bonds is 9. The first kappa shape index (κ1) is 23.9. The molecule has 0 aliphatic carbocycles. The molecule has 0 atom stereocenters. The van der Waals surface area contributed by atoms with Crippen LogP contribution in [0.1, 0.15) is 38.8 Å². The summed E-state index contributed by atoms with van der Waals surface area (Å²) < 4.78 is 29.5. The molecule has 1 aliphatic heterocycles. The lowest BCUT2D eigenvalue weighted by atomic mass is 9.74. The molecule has 0 saturated carbocycles. The van der Waals surface area contributed by atoms with Crippen LogP contribution in [0.4, 0.5) is 0 Å². The van der Waals surface area contributed by atoms with E-state index in [4.69, 9.17) is 23.5 Å². The van der Waals surface area contributed by atoms with Crippen LogP contribution in [0.3, 0.4) is 0 Å². The van der Waals surface area contributed by atoms with Crippen molar-refractivity contribution in [1.29, 1.82) is 5.26 Å². The maximum atomic E-state index is 9.44. The van der Waals surface area contributed by atoms with Gasteiger partial charge in [-0.2, -0.15) is 5.26 Å². The van der Waals surface area contributed by atoms with E-state index >= 15 is 0 Å². The van der Waals surface area contributed by atoms with Gasteiger partial charge in [0.05, 0.1) is 29.4 Å². The van der Waals surface area contributed by atoms with Gasteiger partial charge in [0.1, 0.15) is 5.75 Å². The minimum Gasteiger partial charge on any atom is -0.468 e. The first-order valence-corrected chi connectivity index (χ1v) is 13.7. The Hall–Kier alpha value is -1.37. The molecule has 29 heavy (non-hydrogen) atoms. The molecule has 1 aromatic carbocycles. The lowest BCUT2D eigenvalue weighted by molar-refractivity contribution is 0.00578. The highest BCUT2D eigenvalue weighted by Gasteiger charge is 2.53. The third-order valence-corrected chi connectivity index (χ3v) is 7.14. The van der Waals surface area contributed by atoms with Crippen molar-refractivity contribution < 1.29 is 23.5 Å². The maximum Gasteiger partial charge on any atom is 0.499 e. The third-order valence-electron chi connectivity index (χ3n) is 5.44. The zero-order valence-corrected chi connectivity index (χ0v) is 20.0. The smallest absolute Gasteiger partial charge is 0.468 e. The van der Waals surface area contributed by atoms with Crippen LogP contribution < -0.4 is 10.2 Å². The number of benzene rings is 1. The minimum absolute atomic E-state index is 0.109. The van der Waals surface area contributed by atoms with Crippen molar-refractivity contribution in [3.05, 3.63) is 23.3 Å². The number of ether oxygens (including phenoxy) is 3. The van der Waals surface area contributed by atoms with Gasteiger partial charge in [0.15, 0.2) is 6.79 Å². The third kappa shape index (κ3) is 6.06. The molecule has 160 valence electrons. The first-order chi connectivity index (χ1) is 13.4. The Balaban J connectivity index is 2.29. The summed E-state index contributed by atoms with van der Waals surface area (Å²) in [5.74, 6) is 0.530. The molecule has 6 nitrogen and oxygen atoms in total. The molecular formula is C21H34BNO5Si. The quantitative estimate of drug-likeness (QED) is 0.345. The van der Waals surface area contributed by atoms with Crippen molar-refractivity contribution in [1.82, 2.24) is 0 Å². The fourth-order valence-corrected chi connectivity index (χ4v) is 3.67. The van der Waals surface area contributed by atoms with Gasteiger partial charge < -0.3 is 23.5 Å². The molecule has 0 unspecified atom stereocenters. The average Bonchev–Trinajstić information content (AvgIpc) is 2.80. The van der Waals surface area contributed by atoms with Crippen LogP contribution in [0, 0.1) is 11.3 Å². The summed E-state index contributed by atoms with van der Waals surface area (Å²) in [6, 6.07) is 6.75. The fourth-order valence-electron chi connectivity index (χ4n) is 2.91. The van der Waals surface area contributed by atoms with Crippen LogP contribution in [0.5, 0.6) is 5.75 Å². The van der Waals surface area contributed by atoms with Crippen LogP contribution >= 0.6 is 0 Å². The number of nitrogens with zero attached hydrogens (tertiary/aromatic N) is 1. The summed E-state index contributed by atoms with van der Waals surface area (Å²) in [5, 5.41) is 9.44. The van der Waals surface area contributed by atoms with E-state index in [1.54, 1.807) is 19.2 Å². The highest BCUT2D eigenvalue weighted by atomic mass is 28.3. The van der Waals surface area contributed by atoms with Gasteiger partial charge in [0, 0.05) is 27.3 Å². The Morgan fingerprint density at radius 3 is 2.24 bits per heavy atom. The summed E-state index contributed by atoms with van der Waals surface area (Å²) in [6.07, 6.45) is 0. The van der Waals surface area contributed by atoms with Gasteiger partial charge in [-0.25, -0.2) is 0 Å². The van der Waals surface area contributed by atoms with Crippen LogP contribution in [-0.2, 0) is 25.4 Å². The summed E-state index contributed by atoms with van der Waals surface area (Å²) in [7, 11) is -0.163. The van der Waals surface area contributed by atoms with E-state index < -0.39 is 26.4 Å². The van der Waals surface area contributed by atoms with Gasteiger partial charge in [-0.05, 0) is 51.4 Å². The van der Waals surface area contributed by atoms with Crippen LogP contribution in [0.15, 0.2) is 12.1 Å². The second kappa shape index (κ2) is 9.19. The monoisotopic (exact) mass is 419 g/mol. The Bertz CT molecular complexity index is 739. The second-order valence-electron chi connectivity index (χ2n) is 9.66. The van der Waals surface area contributed by atoms with Gasteiger partial charge in [-0.1, -0.05) is 19.6 Å². The van der Waals surface area contributed by atoms with Crippen molar-refractivity contribution in [2.75, 3.05) is 20.5 Å². The SMILES string of the molecule is COCc1cc(C#N)cc(OCOCC[Si](C)(C)C)c1B1OC(C)(C)C(C)(C)O1. The van der Waals surface area contributed by atoms with E-state index in [1.165, 1.54) is 0 Å². The molecule has 0 amide bonds. The van der Waals surface area contributed by atoms with Crippen LogP contribution in [-0.4, -0.2) is 46.9 Å². The molecular weight excluding hydrogens is 385 g/mol. The van der Waals surface area contributed by atoms with Crippen molar-refractivity contribution in [2.45, 2.75) is 71.2 Å². The van der Waals surface area contributed by atoms with Crippen molar-refractivity contribution in [3.8, 4) is 11.8 Å². The largest absolute Gasteiger partial charge is 0.499 e. The zero-order chi connectivity index (χ0) is 21.9. The molecule has 1 fully saturated rings. The molecule has 1 aliphatic rings. The molecule has 0 spiro atoms. The average molecular weight is 419 g/mol. The van der Waals surface area contributed by atoms with E-state index in [0.717, 1.165) is 17.1 Å². The van der Waals surface area contributed by atoms with E-state index in [9.17, 15) is 5.26 Å². The minimum atomic E-state index is -1.17. The predicted molar refractivity (Wildman–Crippen MR) is 117 cm³/mol. The lowest BCUT2D eigenvalue weighted by Gasteiger charge is -2.32. The zero-order valence-electron chi connectivity index (χ0n) is 19.0. The molecule has 1 saturated heterocycles. The van der Waals surface area contributed by atoms with Gasteiger partial charge >= 0.3 is 7.12 Å². The van der Waals surface area contributed by atoms with E-state index in [1.807, 2.05) is 27.7 Å². The molecule has 1 aromatic rings. The fraction of sp³-hybridized carbons (Fsp3) is 0.667. The van der Waals surface area contributed by atoms with E-state index in [2.05, 4.69) is 25.7 Å². The maximum absolute atomic E-state index is 9.44. The van der Waals surface area contributed by atoms with E-state index in [0.29, 0.717) is 24.5 Å². The Morgan fingerprint density at radius 1 is 1.10 bits per heavy atom. The summed E-state index contributed by atoms with van der Waals surface area (Å²) in [4.78, 5) is 0. The second-order valence-corrected chi connectivity index (χ2v) is 15.3. The van der Waals surface area contributed by atoms with Crippen LogP contribution in [0.25, 0.3) is 0 Å². The summed E-state index contributed by atoms with van der Waals surface area (Å²) in [6.45, 7) is 16.0. The molecule has 2 rings (SSSR count). The highest BCUT2D eigenvalue weighted by molar-refractivity contribution is 6.76. The van der Waals surface area contributed by atoms with E-state index in [-0.39, 0.29) is 6.79 Å². The predicted octanol–water partition coefficient (Wildman–Crippen LogP) is 3.69. The molecule has 0 radical (unpaired) electrons. The highest BCUT2D eigenvalue weighted by Crippen LogP contribution is 2.37. The van der Waals surface area contributed by atoms with Gasteiger partial charge in [0.2, 0.25) is 0 Å². The Kier molecular flexibility index (Phi) is 7.58. The summed E-state index contributed by atoms with van der Waals surface area (Å²) >= 11 is 0. The van der Waals surface area contributed by atoms with Gasteiger partial charge in [-0.3, -0.25) is 0 Å². The number of hydrogen-bond acceptors (Lipinski definition) is 6. The lowest BCUT2D eigenvalue weighted by Crippen LogP contribution is -2.41. The molecule has 8 heteroatoms. The van der Waals surface area contributed by atoms with Crippen molar-refractivity contribution in [3.63, 3.8) is 0 Å². The van der Waals surface area contributed by atoms with Gasteiger partial charge in [0.25, 0.3) is 0 Å². The number of methoxy groups -OCH3 is 1. The van der Waals surface area contributed by atoms with Crippen LogP contribution in [0.2, 0.25) is 25.7 Å². The number of hydrogen-bond donors (Lipinski definition) is 0. The molecule has 0 bridgehead atoms. The topological polar surface area (TPSA) is 69.9 Å². The first-order valence-electron chi connectivity index (χ1n) is 10.0. The molecule has 1 heterocycles. The van der Waals surface area contributed by atoms with Gasteiger partial charge in [-0.15, -0.1) is 0 Å². The Labute approximate surface area is 176 Å². The molecule has 0 N–H and O–H groups in total.